The molecule has 10 heteroatoms. The number of hydrogen-bond acceptors (Lipinski definition) is 5. The molecule has 1 heterocycles. The van der Waals surface area contributed by atoms with Crippen molar-refractivity contribution in [2.45, 2.75) is 33.5 Å². The topological polar surface area (TPSA) is 124 Å². The number of urea groups is 1. The van der Waals surface area contributed by atoms with Gasteiger partial charge in [0.2, 0.25) is 5.91 Å². The number of imide groups is 1. The predicted molar refractivity (Wildman–Crippen MR) is 113 cm³/mol. The summed E-state index contributed by atoms with van der Waals surface area (Å²) in [6, 6.07) is 4.50. The third-order valence-electron chi connectivity index (χ3n) is 4.42. The van der Waals surface area contributed by atoms with Gasteiger partial charge < -0.3 is 5.32 Å². The van der Waals surface area contributed by atoms with E-state index in [1.165, 1.54) is 12.2 Å². The lowest BCUT2D eigenvalue weighted by molar-refractivity contribution is -0.120. The molecule has 1 aromatic heterocycles. The molecular weight excluding hydrogens is 390 g/mol. The first kappa shape index (κ1) is 22.3. The van der Waals surface area contributed by atoms with E-state index >= 15 is 0 Å². The summed E-state index contributed by atoms with van der Waals surface area (Å²) >= 11 is 0. The molecule has 0 atom stereocenters. The van der Waals surface area contributed by atoms with Crippen LogP contribution in [0.5, 0.6) is 0 Å². The monoisotopic (exact) mass is 413 g/mol. The van der Waals surface area contributed by atoms with Gasteiger partial charge in [-0.05, 0) is 31.0 Å². The second kappa shape index (κ2) is 9.50. The van der Waals surface area contributed by atoms with Gasteiger partial charge in [-0.15, -0.1) is 13.2 Å². The summed E-state index contributed by atoms with van der Waals surface area (Å²) in [5, 5.41) is 4.62. The van der Waals surface area contributed by atoms with Crippen LogP contribution in [0.25, 0.3) is 0 Å². The quantitative estimate of drug-likeness (QED) is 0.640. The molecule has 0 aliphatic rings. The maximum Gasteiger partial charge on any atom is 0.337 e. The van der Waals surface area contributed by atoms with Gasteiger partial charge in [0.05, 0.1) is 13.1 Å². The minimum atomic E-state index is -0.977. The number of benzene rings is 1. The molecule has 0 saturated carbocycles. The van der Waals surface area contributed by atoms with Crippen LogP contribution in [0.2, 0.25) is 0 Å². The van der Waals surface area contributed by atoms with Crippen molar-refractivity contribution in [3.63, 3.8) is 0 Å². The summed E-state index contributed by atoms with van der Waals surface area (Å²) in [7, 11) is 0. The predicted octanol–water partition coefficient (Wildman–Crippen LogP) is 0.509. The highest BCUT2D eigenvalue weighted by Gasteiger charge is 2.18. The van der Waals surface area contributed by atoms with Crippen LogP contribution in [0.15, 0.2) is 57.9 Å². The molecule has 2 aromatic rings. The SMILES string of the molecule is C=CCn1c(=O)n(CC=C)c(=O)n(CC(=O)NC(=O)Nc2cccc(C)c2C)c1=O. The first-order chi connectivity index (χ1) is 14.2. The smallest absolute Gasteiger partial charge is 0.307 e. The Morgan fingerprint density at radius 3 is 2.00 bits per heavy atom. The Hall–Kier alpha value is -3.95. The Morgan fingerprint density at radius 1 is 0.933 bits per heavy atom. The van der Waals surface area contributed by atoms with Gasteiger partial charge in [-0.3, -0.25) is 10.1 Å². The standard InChI is InChI=1S/C20H23N5O5/c1-5-10-23-18(28)24(11-6-2)20(30)25(19(23)29)12-16(26)22-17(27)21-15-9-7-8-13(3)14(15)4/h5-9H,1-2,10-12H2,3-4H3,(H2,21,22,26,27). The number of nitrogens with zero attached hydrogens (tertiary/aromatic N) is 3. The molecular formula is C20H23N5O5. The Labute approximate surface area is 171 Å². The number of allylic oxidation sites excluding steroid dienone is 2. The largest absolute Gasteiger partial charge is 0.337 e. The van der Waals surface area contributed by atoms with Crippen molar-refractivity contribution in [3.05, 3.63) is 86.1 Å². The minimum Gasteiger partial charge on any atom is -0.307 e. The maximum atomic E-state index is 12.5. The van der Waals surface area contributed by atoms with Crippen molar-refractivity contribution in [2.75, 3.05) is 5.32 Å². The molecule has 2 N–H and O–H groups in total. The molecule has 2 rings (SSSR count). The number of carbonyl (C=O) groups is 2. The van der Waals surface area contributed by atoms with Crippen LogP contribution in [0.3, 0.4) is 0 Å². The van der Waals surface area contributed by atoms with Gasteiger partial charge in [0.15, 0.2) is 0 Å². The second-order valence-corrected chi connectivity index (χ2v) is 6.48. The van der Waals surface area contributed by atoms with Gasteiger partial charge in [0.1, 0.15) is 6.54 Å². The Bertz CT molecular complexity index is 1140. The van der Waals surface area contributed by atoms with Crippen molar-refractivity contribution in [1.29, 1.82) is 0 Å². The average Bonchev–Trinajstić information content (AvgIpc) is 2.69. The van der Waals surface area contributed by atoms with Crippen molar-refractivity contribution in [3.8, 4) is 0 Å². The fourth-order valence-corrected chi connectivity index (χ4v) is 2.74. The third-order valence-corrected chi connectivity index (χ3v) is 4.42. The van der Waals surface area contributed by atoms with Crippen molar-refractivity contribution in [2.24, 2.45) is 0 Å². The van der Waals surface area contributed by atoms with Gasteiger partial charge in [-0.2, -0.15) is 0 Å². The number of rotatable bonds is 7. The lowest BCUT2D eigenvalue weighted by atomic mass is 10.1. The van der Waals surface area contributed by atoms with E-state index in [0.29, 0.717) is 10.3 Å². The van der Waals surface area contributed by atoms with Crippen LogP contribution < -0.4 is 27.7 Å². The molecule has 30 heavy (non-hydrogen) atoms. The zero-order valence-corrected chi connectivity index (χ0v) is 16.8. The van der Waals surface area contributed by atoms with Crippen LogP contribution in [-0.2, 0) is 24.4 Å². The van der Waals surface area contributed by atoms with E-state index in [2.05, 4.69) is 23.8 Å². The van der Waals surface area contributed by atoms with Crippen LogP contribution in [0, 0.1) is 13.8 Å². The van der Waals surface area contributed by atoms with Crippen molar-refractivity contribution >= 4 is 17.6 Å². The van der Waals surface area contributed by atoms with Gasteiger partial charge in [-0.25, -0.2) is 32.9 Å². The van der Waals surface area contributed by atoms with E-state index in [1.54, 1.807) is 12.1 Å². The number of nitrogens with one attached hydrogen (secondary N) is 2. The summed E-state index contributed by atoms with van der Waals surface area (Å²) in [4.78, 5) is 61.8. The van der Waals surface area contributed by atoms with Crippen molar-refractivity contribution in [1.82, 2.24) is 19.0 Å². The number of amides is 3. The summed E-state index contributed by atoms with van der Waals surface area (Å²) in [5.74, 6) is -0.897. The number of aryl methyl sites for hydroxylation is 1. The van der Waals surface area contributed by atoms with Gasteiger partial charge in [0.25, 0.3) is 0 Å². The van der Waals surface area contributed by atoms with Crippen LogP contribution >= 0.6 is 0 Å². The van der Waals surface area contributed by atoms with Crippen molar-refractivity contribution < 1.29 is 9.59 Å². The summed E-state index contributed by atoms with van der Waals surface area (Å²) in [6.07, 6.45) is 2.63. The molecule has 10 nitrogen and oxygen atoms in total. The number of anilines is 1. The molecule has 158 valence electrons. The fourth-order valence-electron chi connectivity index (χ4n) is 2.74. The molecule has 0 radical (unpaired) electrons. The van der Waals surface area contributed by atoms with Gasteiger partial charge >= 0.3 is 23.1 Å². The first-order valence-corrected chi connectivity index (χ1v) is 9.04. The first-order valence-electron chi connectivity index (χ1n) is 9.04. The van der Waals surface area contributed by atoms with E-state index in [4.69, 9.17) is 0 Å². The average molecular weight is 413 g/mol. The zero-order valence-electron chi connectivity index (χ0n) is 16.8. The van der Waals surface area contributed by atoms with Crippen LogP contribution in [0.4, 0.5) is 10.5 Å². The normalized spacial score (nSPS) is 10.3. The Balaban J connectivity index is 2.28. The van der Waals surface area contributed by atoms with E-state index < -0.39 is 35.6 Å². The Morgan fingerprint density at radius 2 is 1.47 bits per heavy atom. The lowest BCUT2D eigenvalue weighted by Gasteiger charge is -2.13. The Kier molecular flexibility index (Phi) is 7.08. The zero-order chi connectivity index (χ0) is 22.4. The minimum absolute atomic E-state index is 0.149. The van der Waals surface area contributed by atoms with E-state index in [-0.39, 0.29) is 13.1 Å². The number of carbonyl (C=O) groups excluding carboxylic acids is 2. The maximum absolute atomic E-state index is 12.5. The second-order valence-electron chi connectivity index (χ2n) is 6.48. The molecule has 0 unspecified atom stereocenters. The van der Waals surface area contributed by atoms with E-state index in [0.717, 1.165) is 20.3 Å². The van der Waals surface area contributed by atoms with E-state index in [9.17, 15) is 24.0 Å². The molecule has 0 bridgehead atoms. The molecule has 0 saturated heterocycles. The highest BCUT2D eigenvalue weighted by atomic mass is 16.2. The van der Waals surface area contributed by atoms with Gasteiger partial charge in [-0.1, -0.05) is 24.3 Å². The lowest BCUT2D eigenvalue weighted by Crippen LogP contribution is -2.55. The van der Waals surface area contributed by atoms with E-state index in [1.807, 2.05) is 19.9 Å². The molecule has 0 aliphatic heterocycles. The molecule has 1 aromatic carbocycles. The van der Waals surface area contributed by atoms with Crippen LogP contribution in [0.1, 0.15) is 11.1 Å². The van der Waals surface area contributed by atoms with Gasteiger partial charge in [0, 0.05) is 5.69 Å². The summed E-state index contributed by atoms with van der Waals surface area (Å²) in [5.41, 5.74) is -0.483. The highest BCUT2D eigenvalue weighted by molar-refractivity contribution is 6.01. The molecule has 0 spiro atoms. The summed E-state index contributed by atoms with van der Waals surface area (Å²) in [6.45, 7) is 9.60. The molecule has 3 amide bonds. The number of aromatic nitrogens is 3. The molecule has 0 aliphatic carbocycles. The van der Waals surface area contributed by atoms with Crippen LogP contribution in [-0.4, -0.2) is 25.6 Å². The highest BCUT2D eigenvalue weighted by Crippen LogP contribution is 2.17. The summed E-state index contributed by atoms with van der Waals surface area (Å²) < 4.78 is 2.11. The molecule has 0 fully saturated rings. The fraction of sp³-hybridized carbons (Fsp3) is 0.250. The third kappa shape index (κ3) is 4.72. The number of hydrogen-bond donors (Lipinski definition) is 2.